The van der Waals surface area contributed by atoms with Gasteiger partial charge in [0.15, 0.2) is 17.4 Å². The Bertz CT molecular complexity index is 420. The van der Waals surface area contributed by atoms with Gasteiger partial charge in [-0.25, -0.2) is 8.78 Å². The highest BCUT2D eigenvalue weighted by atomic mass is 19.1. The van der Waals surface area contributed by atoms with Crippen LogP contribution in [0.15, 0.2) is 18.2 Å². The number of amides is 1. The molecule has 4 nitrogen and oxygen atoms in total. The summed E-state index contributed by atoms with van der Waals surface area (Å²) < 4.78 is 31.5. The van der Waals surface area contributed by atoms with Gasteiger partial charge in [0.1, 0.15) is 0 Å². The molecule has 1 atom stereocenters. The Morgan fingerprint density at radius 1 is 1.44 bits per heavy atom. The molecule has 0 saturated carbocycles. The third-order valence-electron chi connectivity index (χ3n) is 2.86. The topological polar surface area (TPSA) is 64.3 Å². The first-order valence-corrected chi connectivity index (χ1v) is 5.46. The molecule has 6 heteroatoms. The van der Waals surface area contributed by atoms with Gasteiger partial charge in [-0.05, 0) is 26.1 Å². The van der Waals surface area contributed by atoms with Crippen molar-refractivity contribution in [2.24, 2.45) is 5.73 Å². The van der Waals surface area contributed by atoms with Crippen molar-refractivity contribution in [1.29, 1.82) is 0 Å². The second-order valence-electron chi connectivity index (χ2n) is 4.10. The van der Waals surface area contributed by atoms with E-state index in [1.54, 1.807) is 14.0 Å². The maximum absolute atomic E-state index is 13.2. The molecule has 3 N–H and O–H groups in total. The standard InChI is InChI=1S/C12H16F2N2O2/c1-12(16-2,11(15)17)6-7-18-10-8(13)4-3-5-9(10)14/h3-5,16H,6-7H2,1-2H3,(H2,15,17). The summed E-state index contributed by atoms with van der Waals surface area (Å²) in [4.78, 5) is 11.2. The fourth-order valence-electron chi connectivity index (χ4n) is 1.35. The first kappa shape index (κ1) is 14.4. The molecule has 0 saturated heterocycles. The van der Waals surface area contributed by atoms with Crippen LogP contribution in [0.2, 0.25) is 0 Å². The van der Waals surface area contributed by atoms with Crippen LogP contribution >= 0.6 is 0 Å². The van der Waals surface area contributed by atoms with Crippen molar-refractivity contribution in [3.8, 4) is 5.75 Å². The quantitative estimate of drug-likeness (QED) is 0.805. The lowest BCUT2D eigenvalue weighted by atomic mass is 9.98. The van der Waals surface area contributed by atoms with Gasteiger partial charge in [0.25, 0.3) is 0 Å². The number of nitrogens with one attached hydrogen (secondary N) is 1. The molecule has 1 unspecified atom stereocenters. The Morgan fingerprint density at radius 2 is 2.00 bits per heavy atom. The summed E-state index contributed by atoms with van der Waals surface area (Å²) in [7, 11) is 1.58. The summed E-state index contributed by atoms with van der Waals surface area (Å²) in [5, 5.41) is 2.75. The van der Waals surface area contributed by atoms with Crippen molar-refractivity contribution in [1.82, 2.24) is 5.32 Å². The summed E-state index contributed by atoms with van der Waals surface area (Å²) in [6, 6.07) is 3.45. The molecule has 0 aliphatic carbocycles. The number of likely N-dealkylation sites (N-methyl/N-ethyl adjacent to an activating group) is 1. The minimum Gasteiger partial charge on any atom is -0.488 e. The van der Waals surface area contributed by atoms with Gasteiger partial charge >= 0.3 is 0 Å². The predicted molar refractivity (Wildman–Crippen MR) is 63.1 cm³/mol. The Labute approximate surface area is 104 Å². The summed E-state index contributed by atoms with van der Waals surface area (Å²) in [5.74, 6) is -2.55. The van der Waals surface area contributed by atoms with Crippen LogP contribution in [0.5, 0.6) is 5.75 Å². The Balaban J connectivity index is 2.64. The summed E-state index contributed by atoms with van der Waals surface area (Å²) in [6.07, 6.45) is 0.201. The molecular weight excluding hydrogens is 242 g/mol. The van der Waals surface area contributed by atoms with Gasteiger partial charge in [0.05, 0.1) is 12.1 Å². The average molecular weight is 258 g/mol. The molecule has 1 rings (SSSR count). The van der Waals surface area contributed by atoms with Crippen LogP contribution in [0.25, 0.3) is 0 Å². The molecule has 0 aliphatic rings. The van der Waals surface area contributed by atoms with E-state index in [1.807, 2.05) is 0 Å². The van der Waals surface area contributed by atoms with Crippen molar-refractivity contribution in [3.63, 3.8) is 0 Å². The monoisotopic (exact) mass is 258 g/mol. The number of nitrogens with two attached hydrogens (primary N) is 1. The number of hydrogen-bond donors (Lipinski definition) is 2. The van der Waals surface area contributed by atoms with Gasteiger partial charge in [0, 0.05) is 6.42 Å². The van der Waals surface area contributed by atoms with Crippen molar-refractivity contribution in [3.05, 3.63) is 29.8 Å². The Morgan fingerprint density at radius 3 is 2.44 bits per heavy atom. The maximum atomic E-state index is 13.2. The molecule has 0 radical (unpaired) electrons. The van der Waals surface area contributed by atoms with Crippen molar-refractivity contribution < 1.29 is 18.3 Å². The Hall–Kier alpha value is -1.69. The first-order valence-electron chi connectivity index (χ1n) is 5.46. The lowest BCUT2D eigenvalue weighted by molar-refractivity contribution is -0.124. The van der Waals surface area contributed by atoms with E-state index in [9.17, 15) is 13.6 Å². The van der Waals surface area contributed by atoms with Crippen LogP contribution in [0.1, 0.15) is 13.3 Å². The van der Waals surface area contributed by atoms with Crippen LogP contribution in [-0.2, 0) is 4.79 Å². The fraction of sp³-hybridized carbons (Fsp3) is 0.417. The summed E-state index contributed by atoms with van der Waals surface area (Å²) in [6.45, 7) is 1.56. The third-order valence-corrected chi connectivity index (χ3v) is 2.86. The van der Waals surface area contributed by atoms with E-state index in [0.717, 1.165) is 12.1 Å². The normalized spacial score (nSPS) is 14.0. The Kier molecular flexibility index (Phi) is 4.61. The number of carbonyl (C=O) groups excluding carboxylic acids is 1. The maximum Gasteiger partial charge on any atom is 0.237 e. The van der Waals surface area contributed by atoms with Gasteiger partial charge in [-0.1, -0.05) is 6.07 Å². The smallest absolute Gasteiger partial charge is 0.237 e. The molecule has 0 spiro atoms. The number of halogens is 2. The molecule has 18 heavy (non-hydrogen) atoms. The minimum atomic E-state index is -0.971. The van der Waals surface area contributed by atoms with E-state index >= 15 is 0 Å². The molecule has 0 heterocycles. The van der Waals surface area contributed by atoms with Crippen molar-refractivity contribution >= 4 is 5.91 Å². The van der Waals surface area contributed by atoms with Gasteiger partial charge in [-0.2, -0.15) is 0 Å². The zero-order chi connectivity index (χ0) is 13.8. The number of primary amides is 1. The van der Waals surface area contributed by atoms with Crippen LogP contribution in [-0.4, -0.2) is 25.1 Å². The molecular formula is C12H16F2N2O2. The number of benzene rings is 1. The number of ether oxygens (including phenoxy) is 1. The second-order valence-corrected chi connectivity index (χ2v) is 4.10. The first-order chi connectivity index (χ1) is 8.40. The van der Waals surface area contributed by atoms with Gasteiger partial charge in [-0.3, -0.25) is 4.79 Å². The van der Waals surface area contributed by atoms with Crippen molar-refractivity contribution in [2.75, 3.05) is 13.7 Å². The van der Waals surface area contributed by atoms with E-state index < -0.39 is 28.8 Å². The van der Waals surface area contributed by atoms with E-state index in [0.29, 0.717) is 0 Å². The minimum absolute atomic E-state index is 0.0296. The van der Waals surface area contributed by atoms with Gasteiger partial charge < -0.3 is 15.8 Å². The molecule has 1 aromatic carbocycles. The van der Waals surface area contributed by atoms with E-state index in [1.165, 1.54) is 6.07 Å². The number of carbonyl (C=O) groups is 1. The highest BCUT2D eigenvalue weighted by Crippen LogP contribution is 2.21. The van der Waals surface area contributed by atoms with E-state index in [2.05, 4.69) is 5.32 Å². The molecule has 0 aromatic heterocycles. The second kappa shape index (κ2) is 5.77. The van der Waals surface area contributed by atoms with Crippen LogP contribution in [0, 0.1) is 11.6 Å². The highest BCUT2D eigenvalue weighted by molar-refractivity contribution is 5.84. The largest absolute Gasteiger partial charge is 0.488 e. The summed E-state index contributed by atoms with van der Waals surface area (Å²) in [5.41, 5.74) is 4.25. The molecule has 0 fully saturated rings. The number of hydrogen-bond acceptors (Lipinski definition) is 3. The molecule has 0 aliphatic heterocycles. The van der Waals surface area contributed by atoms with Gasteiger partial charge in [-0.15, -0.1) is 0 Å². The lowest BCUT2D eigenvalue weighted by Crippen LogP contribution is -2.52. The third kappa shape index (κ3) is 3.16. The van der Waals surface area contributed by atoms with Crippen LogP contribution in [0.3, 0.4) is 0 Å². The molecule has 1 aromatic rings. The van der Waals surface area contributed by atoms with E-state index in [-0.39, 0.29) is 13.0 Å². The summed E-state index contributed by atoms with van der Waals surface area (Å²) >= 11 is 0. The highest BCUT2D eigenvalue weighted by Gasteiger charge is 2.28. The fourth-order valence-corrected chi connectivity index (χ4v) is 1.35. The van der Waals surface area contributed by atoms with Crippen LogP contribution < -0.4 is 15.8 Å². The molecule has 1 amide bonds. The van der Waals surface area contributed by atoms with Crippen LogP contribution in [0.4, 0.5) is 8.78 Å². The predicted octanol–water partition coefficient (Wildman–Crippen LogP) is 1.20. The van der Waals surface area contributed by atoms with E-state index in [4.69, 9.17) is 10.5 Å². The lowest BCUT2D eigenvalue weighted by Gasteiger charge is -2.25. The SMILES string of the molecule is CNC(C)(CCOc1c(F)cccc1F)C(N)=O. The number of para-hydroxylation sites is 1. The average Bonchev–Trinajstić information content (AvgIpc) is 2.32. The van der Waals surface area contributed by atoms with Gasteiger partial charge in [0.2, 0.25) is 5.91 Å². The molecule has 0 bridgehead atoms. The zero-order valence-electron chi connectivity index (χ0n) is 10.3. The van der Waals surface area contributed by atoms with Crippen molar-refractivity contribution in [2.45, 2.75) is 18.9 Å². The zero-order valence-corrected chi connectivity index (χ0v) is 10.3. The molecule has 100 valence electrons. The number of rotatable bonds is 6.